The van der Waals surface area contributed by atoms with E-state index in [0.717, 1.165) is 31.4 Å². The summed E-state index contributed by atoms with van der Waals surface area (Å²) in [6.45, 7) is 0.987. The second-order valence-corrected chi connectivity index (χ2v) is 5.46. The molecule has 0 atom stereocenters. The van der Waals surface area contributed by atoms with Crippen LogP contribution in [-0.2, 0) is 11.2 Å². The first-order valence-corrected chi connectivity index (χ1v) is 7.53. The van der Waals surface area contributed by atoms with Crippen LogP contribution in [0, 0.1) is 0 Å². The highest BCUT2D eigenvalue weighted by Crippen LogP contribution is 2.16. The molecular weight excluding hydrogens is 262 g/mol. The molecule has 0 saturated heterocycles. The maximum atomic E-state index is 12.2. The molecule has 21 heavy (non-hydrogen) atoms. The van der Waals surface area contributed by atoms with E-state index in [1.54, 1.807) is 4.90 Å². The van der Waals surface area contributed by atoms with Gasteiger partial charge in [0, 0.05) is 20.2 Å². The first-order chi connectivity index (χ1) is 10.2. The van der Waals surface area contributed by atoms with Crippen molar-refractivity contribution >= 4 is 16.7 Å². The van der Waals surface area contributed by atoms with Gasteiger partial charge in [-0.25, -0.2) is 0 Å². The van der Waals surface area contributed by atoms with E-state index in [0.29, 0.717) is 6.42 Å². The molecule has 112 valence electrons. The molecule has 1 N–H and O–H groups in total. The zero-order chi connectivity index (χ0) is 15.1. The maximum Gasteiger partial charge on any atom is 0.226 e. The van der Waals surface area contributed by atoms with Crippen LogP contribution in [0.15, 0.2) is 42.5 Å². The minimum atomic E-state index is 0.147. The van der Waals surface area contributed by atoms with Gasteiger partial charge in [0.15, 0.2) is 0 Å². The Morgan fingerprint density at radius 2 is 1.81 bits per heavy atom. The molecule has 0 unspecified atom stereocenters. The fourth-order valence-electron chi connectivity index (χ4n) is 2.42. The first kappa shape index (κ1) is 15.5. The lowest BCUT2D eigenvalue weighted by Crippen LogP contribution is -2.29. The Morgan fingerprint density at radius 1 is 1.05 bits per heavy atom. The van der Waals surface area contributed by atoms with Crippen molar-refractivity contribution in [1.82, 2.24) is 4.90 Å². The van der Waals surface area contributed by atoms with Crippen LogP contribution in [0.5, 0.6) is 0 Å². The molecule has 0 heterocycles. The van der Waals surface area contributed by atoms with Gasteiger partial charge in [0.05, 0.1) is 6.42 Å². The van der Waals surface area contributed by atoms with Gasteiger partial charge in [0.2, 0.25) is 5.91 Å². The molecule has 0 fully saturated rings. The minimum absolute atomic E-state index is 0.147. The summed E-state index contributed by atoms with van der Waals surface area (Å²) in [5.74, 6) is 0.147. The lowest BCUT2D eigenvalue weighted by molar-refractivity contribution is -0.129. The molecule has 0 aromatic heterocycles. The standard InChI is InChI=1S/C18H23NO2/c1-19(11-5-2-6-12-20)18(21)14-15-9-10-16-7-3-4-8-17(16)13-15/h3-4,7-10,13,20H,2,5-6,11-12,14H2,1H3. The van der Waals surface area contributed by atoms with E-state index in [-0.39, 0.29) is 12.5 Å². The average Bonchev–Trinajstić information content (AvgIpc) is 2.51. The molecule has 0 aliphatic carbocycles. The molecule has 0 radical (unpaired) electrons. The first-order valence-electron chi connectivity index (χ1n) is 7.53. The third kappa shape index (κ3) is 4.57. The molecule has 2 aromatic rings. The number of benzene rings is 2. The highest BCUT2D eigenvalue weighted by molar-refractivity contribution is 5.85. The molecule has 0 aliphatic rings. The summed E-state index contributed by atoms with van der Waals surface area (Å²) in [7, 11) is 1.85. The van der Waals surface area contributed by atoms with Gasteiger partial charge in [0.1, 0.15) is 0 Å². The van der Waals surface area contributed by atoms with Gasteiger partial charge in [-0.15, -0.1) is 0 Å². The molecule has 3 nitrogen and oxygen atoms in total. The number of carbonyl (C=O) groups is 1. The Morgan fingerprint density at radius 3 is 2.57 bits per heavy atom. The Labute approximate surface area is 126 Å². The second-order valence-electron chi connectivity index (χ2n) is 5.46. The minimum Gasteiger partial charge on any atom is -0.396 e. The van der Waals surface area contributed by atoms with Crippen molar-refractivity contribution < 1.29 is 9.90 Å². The summed E-state index contributed by atoms with van der Waals surface area (Å²) >= 11 is 0. The van der Waals surface area contributed by atoms with Gasteiger partial charge in [0.25, 0.3) is 0 Å². The van der Waals surface area contributed by atoms with Crippen LogP contribution in [0.25, 0.3) is 10.8 Å². The number of unbranched alkanes of at least 4 members (excludes halogenated alkanes) is 2. The third-order valence-electron chi connectivity index (χ3n) is 3.75. The highest BCUT2D eigenvalue weighted by Gasteiger charge is 2.09. The molecular formula is C18H23NO2. The number of nitrogens with zero attached hydrogens (tertiary/aromatic N) is 1. The summed E-state index contributed by atoms with van der Waals surface area (Å²) in [5.41, 5.74) is 1.06. The second kappa shape index (κ2) is 7.79. The number of hydrogen-bond donors (Lipinski definition) is 1. The number of aliphatic hydroxyl groups is 1. The third-order valence-corrected chi connectivity index (χ3v) is 3.75. The molecule has 2 rings (SSSR count). The van der Waals surface area contributed by atoms with Crippen molar-refractivity contribution in [3.05, 3.63) is 48.0 Å². The summed E-state index contributed by atoms with van der Waals surface area (Å²) in [6, 6.07) is 14.4. The molecule has 1 amide bonds. The largest absolute Gasteiger partial charge is 0.396 e. The number of aliphatic hydroxyl groups excluding tert-OH is 1. The molecule has 2 aromatic carbocycles. The van der Waals surface area contributed by atoms with E-state index in [1.165, 1.54) is 10.8 Å². The molecule has 3 heteroatoms. The van der Waals surface area contributed by atoms with E-state index in [2.05, 4.69) is 24.3 Å². The Balaban J connectivity index is 1.91. The number of hydrogen-bond acceptors (Lipinski definition) is 2. The van der Waals surface area contributed by atoms with E-state index in [9.17, 15) is 4.79 Å². The van der Waals surface area contributed by atoms with E-state index < -0.39 is 0 Å². The smallest absolute Gasteiger partial charge is 0.226 e. The summed E-state index contributed by atoms with van der Waals surface area (Å²) < 4.78 is 0. The van der Waals surface area contributed by atoms with Crippen LogP contribution in [0.3, 0.4) is 0 Å². The normalized spacial score (nSPS) is 10.8. The molecule has 0 aliphatic heterocycles. The Hall–Kier alpha value is -1.87. The van der Waals surface area contributed by atoms with Crippen LogP contribution >= 0.6 is 0 Å². The fourth-order valence-corrected chi connectivity index (χ4v) is 2.42. The molecule has 0 bridgehead atoms. The Kier molecular flexibility index (Phi) is 5.76. The lowest BCUT2D eigenvalue weighted by Gasteiger charge is -2.17. The zero-order valence-corrected chi connectivity index (χ0v) is 12.6. The predicted molar refractivity (Wildman–Crippen MR) is 86.2 cm³/mol. The number of carbonyl (C=O) groups excluding carboxylic acids is 1. The zero-order valence-electron chi connectivity index (χ0n) is 12.6. The van der Waals surface area contributed by atoms with E-state index in [4.69, 9.17) is 5.11 Å². The predicted octanol–water partition coefficient (Wildman–Crippen LogP) is 3.00. The summed E-state index contributed by atoms with van der Waals surface area (Å²) in [6.07, 6.45) is 3.17. The Bertz CT molecular complexity index is 595. The van der Waals surface area contributed by atoms with Gasteiger partial charge in [-0.05, 0) is 35.6 Å². The van der Waals surface area contributed by atoms with Crippen LogP contribution in [-0.4, -0.2) is 36.1 Å². The van der Waals surface area contributed by atoms with Crippen molar-refractivity contribution in [3.63, 3.8) is 0 Å². The van der Waals surface area contributed by atoms with Crippen molar-refractivity contribution in [3.8, 4) is 0 Å². The van der Waals surface area contributed by atoms with Crippen molar-refractivity contribution in [2.75, 3.05) is 20.2 Å². The van der Waals surface area contributed by atoms with E-state index in [1.807, 2.05) is 25.2 Å². The fraction of sp³-hybridized carbons (Fsp3) is 0.389. The SMILES string of the molecule is CN(CCCCCO)C(=O)Cc1ccc2ccccc2c1. The van der Waals surface area contributed by atoms with Crippen molar-refractivity contribution in [2.24, 2.45) is 0 Å². The number of likely N-dealkylation sites (N-methyl/N-ethyl adjacent to an activating group) is 1. The summed E-state index contributed by atoms with van der Waals surface area (Å²) in [4.78, 5) is 14.0. The quantitative estimate of drug-likeness (QED) is 0.794. The van der Waals surface area contributed by atoms with Crippen LogP contribution in [0.4, 0.5) is 0 Å². The maximum absolute atomic E-state index is 12.2. The van der Waals surface area contributed by atoms with Gasteiger partial charge < -0.3 is 10.0 Å². The lowest BCUT2D eigenvalue weighted by atomic mass is 10.0. The number of fused-ring (bicyclic) bond motifs is 1. The van der Waals surface area contributed by atoms with Crippen molar-refractivity contribution in [1.29, 1.82) is 0 Å². The van der Waals surface area contributed by atoms with Gasteiger partial charge in [-0.1, -0.05) is 42.5 Å². The van der Waals surface area contributed by atoms with Gasteiger partial charge in [-0.3, -0.25) is 4.79 Å². The molecule has 0 saturated carbocycles. The van der Waals surface area contributed by atoms with Gasteiger partial charge in [-0.2, -0.15) is 0 Å². The van der Waals surface area contributed by atoms with Crippen LogP contribution < -0.4 is 0 Å². The topological polar surface area (TPSA) is 40.5 Å². The summed E-state index contributed by atoms with van der Waals surface area (Å²) in [5, 5.41) is 11.1. The van der Waals surface area contributed by atoms with Crippen LogP contribution in [0.1, 0.15) is 24.8 Å². The highest BCUT2D eigenvalue weighted by atomic mass is 16.2. The van der Waals surface area contributed by atoms with Gasteiger partial charge >= 0.3 is 0 Å². The van der Waals surface area contributed by atoms with Crippen LogP contribution in [0.2, 0.25) is 0 Å². The number of amides is 1. The number of rotatable bonds is 7. The monoisotopic (exact) mass is 285 g/mol. The average molecular weight is 285 g/mol. The molecule has 0 spiro atoms. The van der Waals surface area contributed by atoms with Crippen molar-refractivity contribution in [2.45, 2.75) is 25.7 Å². The van der Waals surface area contributed by atoms with E-state index >= 15 is 0 Å².